The SMILES string of the molecule is CC(C)(C)NCC(=O)c1cc(Br)c(N)c(C(F)(F)F)c1.Cl. The minimum atomic E-state index is -4.60. The van der Waals surface area contributed by atoms with Crippen LogP contribution >= 0.6 is 28.3 Å². The van der Waals surface area contributed by atoms with Crippen molar-refractivity contribution in [3.05, 3.63) is 27.7 Å². The summed E-state index contributed by atoms with van der Waals surface area (Å²) in [5.74, 6) is -0.425. The molecule has 0 amide bonds. The zero-order valence-corrected chi connectivity index (χ0v) is 14.2. The lowest BCUT2D eigenvalue weighted by atomic mass is 10.0. The van der Waals surface area contributed by atoms with Gasteiger partial charge >= 0.3 is 6.18 Å². The zero-order chi connectivity index (χ0) is 15.7. The van der Waals surface area contributed by atoms with Gasteiger partial charge in [0.05, 0.1) is 17.8 Å². The summed E-state index contributed by atoms with van der Waals surface area (Å²) in [6.07, 6.45) is -4.60. The molecule has 3 N–H and O–H groups in total. The number of carbonyl (C=O) groups is 1. The molecule has 0 fully saturated rings. The number of ketones is 1. The van der Waals surface area contributed by atoms with E-state index in [0.717, 1.165) is 6.07 Å². The summed E-state index contributed by atoms with van der Waals surface area (Å²) in [6.45, 7) is 5.54. The average Bonchev–Trinajstić information content (AvgIpc) is 2.26. The number of alkyl halides is 3. The standard InChI is InChI=1S/C13H16BrF3N2O.ClH/c1-12(2,3)19-6-10(20)7-4-8(13(15,16)17)11(18)9(14)5-7;/h4-5,19H,6,18H2,1-3H3;1H. The number of nitrogens with two attached hydrogens (primary N) is 1. The average molecular weight is 390 g/mol. The first-order valence-electron chi connectivity index (χ1n) is 5.86. The highest BCUT2D eigenvalue weighted by Gasteiger charge is 2.34. The summed E-state index contributed by atoms with van der Waals surface area (Å²) in [5, 5.41) is 2.94. The summed E-state index contributed by atoms with van der Waals surface area (Å²) >= 11 is 2.95. The maximum atomic E-state index is 12.8. The van der Waals surface area contributed by atoms with Crippen LogP contribution in [0.4, 0.5) is 18.9 Å². The molecule has 0 saturated carbocycles. The van der Waals surface area contributed by atoms with Gasteiger partial charge in [0.1, 0.15) is 0 Å². The van der Waals surface area contributed by atoms with Gasteiger partial charge in [-0.1, -0.05) is 0 Å². The van der Waals surface area contributed by atoms with Gasteiger partial charge in [0.15, 0.2) is 5.78 Å². The molecule has 1 aromatic rings. The first-order chi connectivity index (χ1) is 8.92. The lowest BCUT2D eigenvalue weighted by Crippen LogP contribution is -2.39. The third kappa shape index (κ3) is 5.84. The monoisotopic (exact) mass is 388 g/mol. The van der Waals surface area contributed by atoms with Crippen LogP contribution in [0.3, 0.4) is 0 Å². The number of halogens is 5. The van der Waals surface area contributed by atoms with Crippen molar-refractivity contribution in [3.63, 3.8) is 0 Å². The van der Waals surface area contributed by atoms with Crippen LogP contribution in [-0.4, -0.2) is 17.9 Å². The lowest BCUT2D eigenvalue weighted by Gasteiger charge is -2.20. The van der Waals surface area contributed by atoms with Crippen molar-refractivity contribution in [1.29, 1.82) is 0 Å². The maximum Gasteiger partial charge on any atom is 0.418 e. The fourth-order valence-electron chi connectivity index (χ4n) is 1.46. The second kappa shape index (κ2) is 6.98. The third-order valence-electron chi connectivity index (χ3n) is 2.54. The van der Waals surface area contributed by atoms with E-state index in [1.807, 2.05) is 20.8 Å². The molecule has 0 aliphatic carbocycles. The Balaban J connectivity index is 0.00000400. The lowest BCUT2D eigenvalue weighted by molar-refractivity contribution is -0.136. The molecule has 0 bridgehead atoms. The molecular weight excluding hydrogens is 373 g/mol. The minimum absolute atomic E-state index is 0. The highest BCUT2D eigenvalue weighted by molar-refractivity contribution is 9.10. The number of anilines is 1. The van der Waals surface area contributed by atoms with Gasteiger partial charge in [-0.05, 0) is 48.8 Å². The first-order valence-corrected chi connectivity index (χ1v) is 6.65. The van der Waals surface area contributed by atoms with Crippen LogP contribution in [0, 0.1) is 0 Å². The number of hydrogen-bond donors (Lipinski definition) is 2. The molecule has 0 radical (unpaired) electrons. The van der Waals surface area contributed by atoms with Gasteiger partial charge < -0.3 is 11.1 Å². The van der Waals surface area contributed by atoms with E-state index in [9.17, 15) is 18.0 Å². The van der Waals surface area contributed by atoms with Crippen LogP contribution in [-0.2, 0) is 6.18 Å². The molecular formula is C13H17BrClF3N2O. The highest BCUT2D eigenvalue weighted by atomic mass is 79.9. The highest BCUT2D eigenvalue weighted by Crippen LogP contribution is 2.37. The van der Waals surface area contributed by atoms with Gasteiger partial charge in [-0.2, -0.15) is 13.2 Å². The van der Waals surface area contributed by atoms with E-state index in [1.165, 1.54) is 6.07 Å². The van der Waals surface area contributed by atoms with E-state index in [4.69, 9.17) is 5.73 Å². The Labute approximate surface area is 136 Å². The molecule has 1 rings (SSSR count). The normalized spacial score (nSPS) is 12.0. The fourth-order valence-corrected chi connectivity index (χ4v) is 1.92. The van der Waals surface area contributed by atoms with Gasteiger partial charge in [0.25, 0.3) is 0 Å². The number of nitrogens with one attached hydrogen (secondary N) is 1. The summed E-state index contributed by atoms with van der Waals surface area (Å²) in [6, 6.07) is 2.09. The predicted octanol–water partition coefficient (Wildman–Crippen LogP) is 4.04. The molecule has 1 aromatic carbocycles. The maximum absolute atomic E-state index is 12.8. The number of Topliss-reactive ketones (excluding diaryl/α,β-unsaturated/α-hetero) is 1. The van der Waals surface area contributed by atoms with Crippen LogP contribution < -0.4 is 11.1 Å². The molecule has 0 heterocycles. The number of nitrogen functional groups attached to an aromatic ring is 1. The third-order valence-corrected chi connectivity index (χ3v) is 3.19. The van der Waals surface area contributed by atoms with E-state index < -0.39 is 23.2 Å². The van der Waals surface area contributed by atoms with Crippen LogP contribution in [0.15, 0.2) is 16.6 Å². The summed E-state index contributed by atoms with van der Waals surface area (Å²) < 4.78 is 38.5. The number of hydrogen-bond acceptors (Lipinski definition) is 3. The second-order valence-corrected chi connectivity index (χ2v) is 6.30. The van der Waals surface area contributed by atoms with Crippen LogP contribution in [0.2, 0.25) is 0 Å². The van der Waals surface area contributed by atoms with Crippen molar-refractivity contribution in [1.82, 2.24) is 5.32 Å². The van der Waals surface area contributed by atoms with Gasteiger partial charge in [-0.15, -0.1) is 12.4 Å². The van der Waals surface area contributed by atoms with Crippen molar-refractivity contribution in [2.75, 3.05) is 12.3 Å². The number of benzene rings is 1. The van der Waals surface area contributed by atoms with Crippen LogP contribution in [0.25, 0.3) is 0 Å². The van der Waals surface area contributed by atoms with E-state index in [2.05, 4.69) is 21.2 Å². The summed E-state index contributed by atoms with van der Waals surface area (Å²) in [7, 11) is 0. The van der Waals surface area contributed by atoms with Gasteiger partial charge in [0, 0.05) is 15.6 Å². The quantitative estimate of drug-likeness (QED) is 0.606. The molecule has 120 valence electrons. The molecule has 0 aromatic heterocycles. The van der Waals surface area contributed by atoms with E-state index in [0.29, 0.717) is 0 Å². The molecule has 0 aliphatic heterocycles. The smallest absolute Gasteiger partial charge is 0.397 e. The topological polar surface area (TPSA) is 55.1 Å². The van der Waals surface area contributed by atoms with E-state index in [1.54, 1.807) is 0 Å². The Morgan fingerprint density at radius 3 is 2.24 bits per heavy atom. The molecule has 0 saturated heterocycles. The molecule has 21 heavy (non-hydrogen) atoms. The zero-order valence-electron chi connectivity index (χ0n) is 11.8. The molecule has 0 aliphatic rings. The molecule has 3 nitrogen and oxygen atoms in total. The first kappa shape index (κ1) is 20.2. The predicted molar refractivity (Wildman–Crippen MR) is 82.9 cm³/mol. The van der Waals surface area contributed by atoms with Crippen molar-refractivity contribution >= 4 is 39.8 Å². The van der Waals surface area contributed by atoms with Crippen LogP contribution in [0.1, 0.15) is 36.7 Å². The van der Waals surface area contributed by atoms with Crippen molar-refractivity contribution in [2.24, 2.45) is 0 Å². The van der Waals surface area contributed by atoms with E-state index in [-0.39, 0.29) is 34.5 Å². The van der Waals surface area contributed by atoms with Crippen LogP contribution in [0.5, 0.6) is 0 Å². The van der Waals surface area contributed by atoms with Crippen molar-refractivity contribution in [2.45, 2.75) is 32.5 Å². The minimum Gasteiger partial charge on any atom is -0.397 e. The second-order valence-electron chi connectivity index (χ2n) is 5.44. The molecule has 8 heteroatoms. The van der Waals surface area contributed by atoms with Crippen molar-refractivity contribution < 1.29 is 18.0 Å². The van der Waals surface area contributed by atoms with E-state index >= 15 is 0 Å². The molecule has 0 spiro atoms. The number of rotatable bonds is 3. The Morgan fingerprint density at radius 2 is 1.81 bits per heavy atom. The van der Waals surface area contributed by atoms with Gasteiger partial charge in [-0.25, -0.2) is 0 Å². The summed E-state index contributed by atoms with van der Waals surface area (Å²) in [5.41, 5.74) is 3.63. The Kier molecular flexibility index (Phi) is 6.72. The largest absolute Gasteiger partial charge is 0.418 e. The Morgan fingerprint density at radius 1 is 1.29 bits per heavy atom. The summed E-state index contributed by atoms with van der Waals surface area (Å²) in [4.78, 5) is 11.9. The van der Waals surface area contributed by atoms with Crippen molar-refractivity contribution in [3.8, 4) is 0 Å². The fraction of sp³-hybridized carbons (Fsp3) is 0.462. The van der Waals surface area contributed by atoms with Gasteiger partial charge in [0.2, 0.25) is 0 Å². The number of carbonyl (C=O) groups excluding carboxylic acids is 1. The Hall–Kier alpha value is -0.790. The molecule has 0 unspecified atom stereocenters. The Bertz CT molecular complexity index is 527. The van der Waals surface area contributed by atoms with Gasteiger partial charge in [-0.3, -0.25) is 4.79 Å². The molecule has 0 atom stereocenters.